The van der Waals surface area contributed by atoms with E-state index in [4.69, 9.17) is 0 Å². The quantitative estimate of drug-likeness (QED) is 0.731. The molecule has 6 heteroatoms. The Hall–Kier alpha value is -2.21. The van der Waals surface area contributed by atoms with Crippen LogP contribution >= 0.6 is 0 Å². The van der Waals surface area contributed by atoms with Crippen LogP contribution < -0.4 is 0 Å². The maximum atomic E-state index is 13.2. The number of imidazole rings is 1. The summed E-state index contributed by atoms with van der Waals surface area (Å²) in [5.41, 5.74) is 1.12. The van der Waals surface area contributed by atoms with Crippen molar-refractivity contribution in [2.45, 2.75) is 52.2 Å². The summed E-state index contributed by atoms with van der Waals surface area (Å²) in [4.78, 5) is 21.3. The monoisotopic (exact) mass is 386 g/mol. The molecule has 0 bridgehead atoms. The Labute approximate surface area is 167 Å². The topological polar surface area (TPSA) is 41.4 Å². The van der Waals surface area contributed by atoms with Gasteiger partial charge in [-0.1, -0.05) is 26.0 Å². The van der Waals surface area contributed by atoms with Gasteiger partial charge in [0.15, 0.2) is 0 Å². The third kappa shape index (κ3) is 5.64. The van der Waals surface area contributed by atoms with Crippen LogP contribution in [0.15, 0.2) is 43.0 Å². The number of hydrogen-bond donors (Lipinski definition) is 0. The summed E-state index contributed by atoms with van der Waals surface area (Å²) in [5.74, 6) is 0.488. The van der Waals surface area contributed by atoms with Gasteiger partial charge in [-0.15, -0.1) is 0 Å². The highest BCUT2D eigenvalue weighted by Gasteiger charge is 2.29. The zero-order chi connectivity index (χ0) is 19.9. The molecular formula is C22H31FN4O. The summed E-state index contributed by atoms with van der Waals surface area (Å²) in [6.07, 6.45) is 7.85. The van der Waals surface area contributed by atoms with E-state index in [-0.39, 0.29) is 11.7 Å². The van der Waals surface area contributed by atoms with E-state index in [1.165, 1.54) is 12.1 Å². The van der Waals surface area contributed by atoms with Gasteiger partial charge in [0.05, 0.1) is 6.33 Å². The van der Waals surface area contributed by atoms with Crippen molar-refractivity contribution in [2.75, 3.05) is 19.6 Å². The molecule has 1 saturated heterocycles. The molecule has 0 spiro atoms. The van der Waals surface area contributed by atoms with Crippen LogP contribution in [0.5, 0.6) is 0 Å². The molecule has 0 saturated carbocycles. The number of carbonyl (C=O) groups is 1. The molecule has 0 N–H and O–H groups in total. The van der Waals surface area contributed by atoms with Crippen LogP contribution in [0.3, 0.4) is 0 Å². The zero-order valence-corrected chi connectivity index (χ0v) is 16.9. The summed E-state index contributed by atoms with van der Waals surface area (Å²) >= 11 is 0. The molecule has 1 unspecified atom stereocenters. The maximum Gasteiger partial charge on any atom is 0.222 e. The van der Waals surface area contributed by atoms with Gasteiger partial charge in [0.25, 0.3) is 0 Å². The van der Waals surface area contributed by atoms with Gasteiger partial charge in [-0.3, -0.25) is 9.69 Å². The van der Waals surface area contributed by atoms with Crippen molar-refractivity contribution in [3.05, 3.63) is 54.4 Å². The average Bonchev–Trinajstić information content (AvgIpc) is 3.09. The van der Waals surface area contributed by atoms with Crippen molar-refractivity contribution >= 4 is 5.91 Å². The normalized spacial score (nSPS) is 18.4. The number of aromatic nitrogens is 2. The van der Waals surface area contributed by atoms with E-state index in [1.807, 2.05) is 27.8 Å². The van der Waals surface area contributed by atoms with Gasteiger partial charge in [-0.25, -0.2) is 9.37 Å². The van der Waals surface area contributed by atoms with E-state index in [0.29, 0.717) is 18.4 Å². The van der Waals surface area contributed by atoms with Gasteiger partial charge >= 0.3 is 0 Å². The molecule has 0 radical (unpaired) electrons. The Kier molecular flexibility index (Phi) is 7.20. The minimum atomic E-state index is -0.201. The number of halogens is 1. The fraction of sp³-hybridized carbons (Fsp3) is 0.545. The first kappa shape index (κ1) is 20.5. The molecule has 1 aliphatic heterocycles. The fourth-order valence-electron chi connectivity index (χ4n) is 3.93. The highest BCUT2D eigenvalue weighted by atomic mass is 19.1. The summed E-state index contributed by atoms with van der Waals surface area (Å²) < 4.78 is 15.2. The standard InChI is InChI=1S/C22H31FN4O/c1-18(2)21-16-27(22(28)5-3-11-25-14-10-24-17-25)13-4-12-26(21)15-19-6-8-20(23)9-7-19/h6-10,14,17-18,21H,3-5,11-13,15-16H2,1-2H3. The van der Waals surface area contributed by atoms with E-state index in [0.717, 1.165) is 51.1 Å². The minimum absolute atomic E-state index is 0.201. The van der Waals surface area contributed by atoms with Crippen LogP contribution in [0, 0.1) is 11.7 Å². The molecule has 152 valence electrons. The van der Waals surface area contributed by atoms with Gasteiger partial charge < -0.3 is 9.47 Å². The molecule has 3 rings (SSSR count). The van der Waals surface area contributed by atoms with Crippen molar-refractivity contribution in [1.29, 1.82) is 0 Å². The van der Waals surface area contributed by atoms with Gasteiger partial charge in [-0.05, 0) is 36.5 Å². The summed E-state index contributed by atoms with van der Waals surface area (Å²) in [5, 5.41) is 0. The minimum Gasteiger partial charge on any atom is -0.341 e. The molecular weight excluding hydrogens is 355 g/mol. The Balaban J connectivity index is 1.58. The lowest BCUT2D eigenvalue weighted by molar-refractivity contribution is -0.131. The second-order valence-electron chi connectivity index (χ2n) is 8.01. The van der Waals surface area contributed by atoms with E-state index < -0.39 is 0 Å². The average molecular weight is 387 g/mol. The van der Waals surface area contributed by atoms with Crippen molar-refractivity contribution in [1.82, 2.24) is 19.4 Å². The van der Waals surface area contributed by atoms with Crippen molar-refractivity contribution in [2.24, 2.45) is 5.92 Å². The first-order valence-electron chi connectivity index (χ1n) is 10.2. The lowest BCUT2D eigenvalue weighted by Gasteiger charge is -2.34. The van der Waals surface area contributed by atoms with Crippen molar-refractivity contribution in [3.63, 3.8) is 0 Å². The second kappa shape index (κ2) is 9.82. The van der Waals surface area contributed by atoms with Crippen molar-refractivity contribution < 1.29 is 9.18 Å². The predicted octanol–water partition coefficient (Wildman–Crippen LogP) is 3.56. The van der Waals surface area contributed by atoms with Crippen LogP contribution in [-0.4, -0.2) is 50.9 Å². The van der Waals surface area contributed by atoms with Gasteiger partial charge in [0.1, 0.15) is 5.82 Å². The molecule has 5 nitrogen and oxygen atoms in total. The number of amides is 1. The molecule has 1 aliphatic rings. The highest BCUT2D eigenvalue weighted by Crippen LogP contribution is 2.21. The number of carbonyl (C=O) groups excluding carboxylic acids is 1. The molecule has 1 amide bonds. The SMILES string of the molecule is CC(C)C1CN(C(=O)CCCn2ccnc2)CCCN1Cc1ccc(F)cc1. The number of benzene rings is 1. The highest BCUT2D eigenvalue weighted by molar-refractivity contribution is 5.76. The first-order chi connectivity index (χ1) is 13.5. The first-order valence-corrected chi connectivity index (χ1v) is 10.2. The Morgan fingerprint density at radius 1 is 1.25 bits per heavy atom. The smallest absolute Gasteiger partial charge is 0.222 e. The molecule has 0 aliphatic carbocycles. The van der Waals surface area contributed by atoms with Gasteiger partial charge in [0.2, 0.25) is 5.91 Å². The number of aryl methyl sites for hydroxylation is 1. The molecule has 1 aromatic heterocycles. The van der Waals surface area contributed by atoms with E-state index >= 15 is 0 Å². The van der Waals surface area contributed by atoms with Gasteiger partial charge in [-0.2, -0.15) is 0 Å². The lowest BCUT2D eigenvalue weighted by atomic mass is 10.0. The maximum absolute atomic E-state index is 13.2. The second-order valence-corrected chi connectivity index (χ2v) is 8.01. The Bertz CT molecular complexity index is 730. The lowest BCUT2D eigenvalue weighted by Crippen LogP contribution is -2.45. The number of rotatable bonds is 7. The van der Waals surface area contributed by atoms with Crippen LogP contribution in [0.1, 0.15) is 38.7 Å². The molecule has 1 atom stereocenters. The predicted molar refractivity (Wildman–Crippen MR) is 108 cm³/mol. The Morgan fingerprint density at radius 3 is 2.71 bits per heavy atom. The summed E-state index contributed by atoms with van der Waals surface area (Å²) in [6.45, 7) is 8.59. The summed E-state index contributed by atoms with van der Waals surface area (Å²) in [7, 11) is 0. The third-order valence-electron chi connectivity index (χ3n) is 5.54. The molecule has 1 fully saturated rings. The third-order valence-corrected chi connectivity index (χ3v) is 5.54. The molecule has 28 heavy (non-hydrogen) atoms. The van der Waals surface area contributed by atoms with Crippen LogP contribution in [0.25, 0.3) is 0 Å². The number of nitrogens with zero attached hydrogens (tertiary/aromatic N) is 4. The molecule has 2 heterocycles. The van der Waals surface area contributed by atoms with E-state index in [1.54, 1.807) is 12.5 Å². The zero-order valence-electron chi connectivity index (χ0n) is 16.9. The summed E-state index contributed by atoms with van der Waals surface area (Å²) in [6, 6.07) is 7.07. The number of hydrogen-bond acceptors (Lipinski definition) is 3. The van der Waals surface area contributed by atoms with Crippen molar-refractivity contribution in [3.8, 4) is 0 Å². The largest absolute Gasteiger partial charge is 0.341 e. The van der Waals surface area contributed by atoms with Crippen LogP contribution in [-0.2, 0) is 17.9 Å². The van der Waals surface area contributed by atoms with E-state index in [2.05, 4.69) is 23.7 Å². The van der Waals surface area contributed by atoms with Crippen LogP contribution in [0.2, 0.25) is 0 Å². The van der Waals surface area contributed by atoms with Gasteiger partial charge in [0, 0.05) is 57.6 Å². The molecule has 2 aromatic rings. The Morgan fingerprint density at radius 2 is 2.04 bits per heavy atom. The molecule has 1 aromatic carbocycles. The van der Waals surface area contributed by atoms with Crippen LogP contribution in [0.4, 0.5) is 4.39 Å². The van der Waals surface area contributed by atoms with E-state index in [9.17, 15) is 9.18 Å². The fourth-order valence-corrected chi connectivity index (χ4v) is 3.93.